The number of hydrogen-bond acceptors (Lipinski definition) is 7. The van der Waals surface area contributed by atoms with Crippen molar-refractivity contribution in [3.63, 3.8) is 0 Å². The van der Waals surface area contributed by atoms with Crippen molar-refractivity contribution < 1.29 is 14.1 Å². The zero-order valence-corrected chi connectivity index (χ0v) is 11.4. The van der Waals surface area contributed by atoms with Gasteiger partial charge in [-0.25, -0.2) is 0 Å². The molecule has 0 amide bonds. The van der Waals surface area contributed by atoms with Crippen molar-refractivity contribution in [1.29, 1.82) is 0 Å². The van der Waals surface area contributed by atoms with Gasteiger partial charge in [0.05, 0.1) is 6.07 Å². The summed E-state index contributed by atoms with van der Waals surface area (Å²) in [5.74, 6) is -0.172. The van der Waals surface area contributed by atoms with Crippen molar-refractivity contribution in [3.05, 3.63) is 28.0 Å². The van der Waals surface area contributed by atoms with Gasteiger partial charge in [0.25, 0.3) is 5.12 Å². The molecule has 106 valence electrons. The molecule has 0 saturated heterocycles. The van der Waals surface area contributed by atoms with E-state index in [0.29, 0.717) is 17.7 Å². The van der Waals surface area contributed by atoms with Crippen LogP contribution in [0.4, 0.5) is 5.88 Å². The average Bonchev–Trinajstić information content (AvgIpc) is 3.12. The molecule has 1 aromatic heterocycles. The minimum Gasteiger partial charge on any atom is -0.396 e. The SMILES string of the molecule is C/C(=N\N=C(/N)SC(=O)c1ccc([N+](=O)[O-])o1)C1CC1. The fourth-order valence-electron chi connectivity index (χ4n) is 1.41. The summed E-state index contributed by atoms with van der Waals surface area (Å²) >= 11 is 0.617. The average molecular weight is 296 g/mol. The summed E-state index contributed by atoms with van der Waals surface area (Å²) in [7, 11) is 0. The van der Waals surface area contributed by atoms with Gasteiger partial charge in [0.15, 0.2) is 10.9 Å². The van der Waals surface area contributed by atoms with Crippen LogP contribution < -0.4 is 5.73 Å². The van der Waals surface area contributed by atoms with E-state index in [0.717, 1.165) is 24.6 Å². The van der Waals surface area contributed by atoms with Gasteiger partial charge in [-0.1, -0.05) is 0 Å². The Balaban J connectivity index is 1.97. The molecule has 8 nitrogen and oxygen atoms in total. The maximum Gasteiger partial charge on any atom is 0.433 e. The van der Waals surface area contributed by atoms with E-state index < -0.39 is 15.9 Å². The molecular formula is C11H12N4O4S. The van der Waals surface area contributed by atoms with E-state index in [-0.39, 0.29) is 10.9 Å². The molecule has 1 aliphatic carbocycles. The first-order valence-corrected chi connectivity index (χ1v) is 6.63. The van der Waals surface area contributed by atoms with Crippen LogP contribution in [-0.4, -0.2) is 20.9 Å². The zero-order valence-electron chi connectivity index (χ0n) is 10.6. The predicted molar refractivity (Wildman–Crippen MR) is 74.7 cm³/mol. The third-order valence-corrected chi connectivity index (χ3v) is 3.32. The summed E-state index contributed by atoms with van der Waals surface area (Å²) in [6, 6.07) is 2.33. The first-order chi connectivity index (χ1) is 9.47. The minimum absolute atomic E-state index is 0.0333. The molecule has 0 radical (unpaired) electrons. The van der Waals surface area contributed by atoms with Crippen LogP contribution in [0.5, 0.6) is 0 Å². The zero-order chi connectivity index (χ0) is 14.7. The maximum atomic E-state index is 11.7. The van der Waals surface area contributed by atoms with Gasteiger partial charge in [0.2, 0.25) is 0 Å². The highest BCUT2D eigenvalue weighted by Gasteiger charge is 2.24. The molecule has 1 saturated carbocycles. The number of carbonyl (C=O) groups is 1. The maximum absolute atomic E-state index is 11.7. The highest BCUT2D eigenvalue weighted by Crippen LogP contribution is 2.30. The van der Waals surface area contributed by atoms with Gasteiger partial charge < -0.3 is 10.2 Å². The second-order valence-corrected chi connectivity index (χ2v) is 5.23. The van der Waals surface area contributed by atoms with Crippen LogP contribution in [0.3, 0.4) is 0 Å². The van der Waals surface area contributed by atoms with E-state index >= 15 is 0 Å². The number of nitro groups is 1. The van der Waals surface area contributed by atoms with E-state index in [1.54, 1.807) is 0 Å². The molecule has 0 atom stereocenters. The molecule has 20 heavy (non-hydrogen) atoms. The number of nitrogens with two attached hydrogens (primary N) is 1. The number of carbonyl (C=O) groups excluding carboxylic acids is 1. The molecular weight excluding hydrogens is 284 g/mol. The Hall–Kier alpha value is -2.16. The predicted octanol–water partition coefficient (Wildman–Crippen LogP) is 2.16. The first-order valence-electron chi connectivity index (χ1n) is 5.81. The van der Waals surface area contributed by atoms with E-state index in [4.69, 9.17) is 10.2 Å². The van der Waals surface area contributed by atoms with E-state index in [1.165, 1.54) is 6.07 Å². The molecule has 2 rings (SSSR count). The van der Waals surface area contributed by atoms with Crippen LogP contribution in [0.2, 0.25) is 0 Å². The molecule has 9 heteroatoms. The highest BCUT2D eigenvalue weighted by molar-refractivity contribution is 8.26. The lowest BCUT2D eigenvalue weighted by Gasteiger charge is -1.96. The summed E-state index contributed by atoms with van der Waals surface area (Å²) in [5, 5.41) is 17.5. The summed E-state index contributed by atoms with van der Waals surface area (Å²) < 4.78 is 4.77. The molecule has 0 bridgehead atoms. The number of hydrogen-bond donors (Lipinski definition) is 1. The quantitative estimate of drug-likeness (QED) is 0.393. The van der Waals surface area contributed by atoms with Crippen molar-refractivity contribution in [2.24, 2.45) is 21.9 Å². The standard InChI is InChI=1S/C11H12N4O4S/c1-6(7-2-3-7)13-14-11(12)20-10(16)8-4-5-9(19-8)15(17)18/h4-5,7H,2-3H2,1H3,(H2,12,14)/b13-6+. The van der Waals surface area contributed by atoms with Crippen LogP contribution in [0, 0.1) is 16.0 Å². The summed E-state index contributed by atoms with van der Waals surface area (Å²) in [6.45, 7) is 1.86. The second-order valence-electron chi connectivity index (χ2n) is 4.24. The fraction of sp³-hybridized carbons (Fsp3) is 0.364. The van der Waals surface area contributed by atoms with Gasteiger partial charge in [-0.05, 0) is 43.5 Å². The Morgan fingerprint density at radius 1 is 1.50 bits per heavy atom. The molecule has 0 unspecified atom stereocenters. The van der Waals surface area contributed by atoms with Crippen LogP contribution in [0.1, 0.15) is 30.3 Å². The smallest absolute Gasteiger partial charge is 0.396 e. The molecule has 1 aromatic rings. The number of rotatable bonds is 4. The number of thioether (sulfide) groups is 1. The Morgan fingerprint density at radius 3 is 2.75 bits per heavy atom. The Morgan fingerprint density at radius 2 is 2.20 bits per heavy atom. The lowest BCUT2D eigenvalue weighted by atomic mass is 10.3. The highest BCUT2D eigenvalue weighted by atomic mass is 32.2. The van der Waals surface area contributed by atoms with Crippen LogP contribution >= 0.6 is 11.8 Å². The van der Waals surface area contributed by atoms with Crippen LogP contribution in [0.25, 0.3) is 0 Å². The molecule has 0 aliphatic heterocycles. The van der Waals surface area contributed by atoms with Crippen molar-refractivity contribution in [2.45, 2.75) is 19.8 Å². The van der Waals surface area contributed by atoms with E-state index in [9.17, 15) is 14.9 Å². The topological polar surface area (TPSA) is 124 Å². The Labute approximate surface area is 118 Å². The molecule has 2 N–H and O–H groups in total. The molecule has 1 fully saturated rings. The largest absolute Gasteiger partial charge is 0.433 e. The van der Waals surface area contributed by atoms with E-state index in [1.807, 2.05) is 6.92 Å². The normalized spacial score (nSPS) is 16.2. The van der Waals surface area contributed by atoms with Gasteiger partial charge in [0, 0.05) is 5.71 Å². The van der Waals surface area contributed by atoms with Gasteiger partial charge >= 0.3 is 5.88 Å². The summed E-state index contributed by atoms with van der Waals surface area (Å²) in [4.78, 5) is 21.4. The lowest BCUT2D eigenvalue weighted by molar-refractivity contribution is -0.402. The summed E-state index contributed by atoms with van der Waals surface area (Å²) in [6.07, 6.45) is 2.21. The second kappa shape index (κ2) is 5.87. The number of nitrogens with zero attached hydrogens (tertiary/aromatic N) is 3. The number of furan rings is 1. The van der Waals surface area contributed by atoms with E-state index in [2.05, 4.69) is 10.2 Å². The Bertz CT molecular complexity index is 603. The lowest BCUT2D eigenvalue weighted by Crippen LogP contribution is -2.10. The fourth-order valence-corrected chi connectivity index (χ4v) is 1.89. The van der Waals surface area contributed by atoms with Crippen molar-refractivity contribution in [1.82, 2.24) is 0 Å². The van der Waals surface area contributed by atoms with Crippen LogP contribution in [-0.2, 0) is 0 Å². The monoisotopic (exact) mass is 296 g/mol. The van der Waals surface area contributed by atoms with Gasteiger partial charge in [0.1, 0.15) is 4.92 Å². The Kier molecular flexibility index (Phi) is 4.18. The number of amidine groups is 1. The first kappa shape index (κ1) is 14.3. The molecule has 0 aromatic carbocycles. The summed E-state index contributed by atoms with van der Waals surface area (Å²) in [5.41, 5.74) is 6.44. The van der Waals surface area contributed by atoms with Gasteiger partial charge in [-0.15, -0.1) is 5.10 Å². The van der Waals surface area contributed by atoms with Crippen molar-refractivity contribution in [3.8, 4) is 0 Å². The third-order valence-electron chi connectivity index (χ3n) is 2.64. The van der Waals surface area contributed by atoms with Crippen molar-refractivity contribution >= 4 is 33.6 Å². The van der Waals surface area contributed by atoms with Gasteiger partial charge in [-0.3, -0.25) is 14.9 Å². The third kappa shape index (κ3) is 3.67. The van der Waals surface area contributed by atoms with Gasteiger partial charge in [-0.2, -0.15) is 5.10 Å². The van der Waals surface area contributed by atoms with Crippen LogP contribution in [0.15, 0.2) is 26.8 Å². The minimum atomic E-state index is -0.720. The molecule has 1 aliphatic rings. The molecule has 1 heterocycles. The van der Waals surface area contributed by atoms with Crippen molar-refractivity contribution in [2.75, 3.05) is 0 Å². The molecule has 0 spiro atoms.